The lowest BCUT2D eigenvalue weighted by atomic mass is 9.81. The van der Waals surface area contributed by atoms with E-state index in [1.807, 2.05) is 0 Å². The first-order chi connectivity index (χ1) is 12.2. The largest absolute Gasteiger partial charge is 0.481 e. The van der Waals surface area contributed by atoms with Gasteiger partial charge in [0.25, 0.3) is 0 Å². The van der Waals surface area contributed by atoms with E-state index >= 15 is 0 Å². The highest BCUT2D eigenvalue weighted by atomic mass is 16.4. The van der Waals surface area contributed by atoms with E-state index in [0.717, 1.165) is 0 Å². The van der Waals surface area contributed by atoms with Crippen LogP contribution in [0.25, 0.3) is 0 Å². The summed E-state index contributed by atoms with van der Waals surface area (Å²) in [5, 5.41) is 26.9. The molecule has 0 saturated carbocycles. The molecule has 11 heteroatoms. The molecule has 0 bridgehead atoms. The van der Waals surface area contributed by atoms with Gasteiger partial charge in [-0.2, -0.15) is 0 Å². The third-order valence-corrected chi connectivity index (χ3v) is 3.98. The van der Waals surface area contributed by atoms with Crippen LogP contribution >= 0.6 is 0 Å². The maximum Gasteiger partial charge on any atom is 0.451 e. The van der Waals surface area contributed by atoms with Gasteiger partial charge in [0, 0.05) is 32.5 Å². The van der Waals surface area contributed by atoms with Crippen molar-refractivity contribution in [1.29, 1.82) is 0 Å². The molecule has 0 heterocycles. The number of nitrogens with zero attached hydrogens (tertiary/aromatic N) is 1. The minimum Gasteiger partial charge on any atom is -0.481 e. The molecule has 0 fully saturated rings. The Morgan fingerprint density at radius 2 is 1.77 bits per heavy atom. The quantitative estimate of drug-likeness (QED) is 0.179. The summed E-state index contributed by atoms with van der Waals surface area (Å²) in [6.07, 6.45) is 1.66. The van der Waals surface area contributed by atoms with Crippen LogP contribution in [0.15, 0.2) is 0 Å². The van der Waals surface area contributed by atoms with Crippen molar-refractivity contribution in [2.24, 2.45) is 23.1 Å². The molecule has 2 atom stereocenters. The molecule has 0 aliphatic heterocycles. The van der Waals surface area contributed by atoms with Gasteiger partial charge in [0.15, 0.2) is 0 Å². The van der Waals surface area contributed by atoms with Crippen LogP contribution in [0, 0.1) is 5.92 Å². The van der Waals surface area contributed by atoms with E-state index in [1.165, 1.54) is 4.90 Å². The molecule has 0 aliphatic rings. The zero-order chi connectivity index (χ0) is 20.1. The fourth-order valence-electron chi connectivity index (χ4n) is 2.71. The van der Waals surface area contributed by atoms with Gasteiger partial charge in [-0.05, 0) is 31.5 Å². The maximum absolute atomic E-state index is 12.5. The molecule has 0 radical (unpaired) electrons. The second kappa shape index (κ2) is 13.5. The average Bonchev–Trinajstić information content (AvgIpc) is 2.52. The minimum atomic E-state index is -1.44. The molecular weight excluding hydrogens is 343 g/mol. The van der Waals surface area contributed by atoms with Crippen molar-refractivity contribution in [3.63, 3.8) is 0 Å². The molecule has 0 saturated heterocycles. The van der Waals surface area contributed by atoms with Gasteiger partial charge in [0.2, 0.25) is 11.8 Å². The summed E-state index contributed by atoms with van der Waals surface area (Å²) >= 11 is 0. The molecule has 10 nitrogen and oxygen atoms in total. The molecule has 0 aromatic carbocycles. The highest BCUT2D eigenvalue weighted by Crippen LogP contribution is 2.17. The summed E-state index contributed by atoms with van der Waals surface area (Å²) in [4.78, 5) is 35.8. The molecule has 1 unspecified atom stereocenters. The monoisotopic (exact) mass is 374 g/mol. The predicted molar refractivity (Wildman–Crippen MR) is 96.6 cm³/mol. The Labute approximate surface area is 153 Å². The van der Waals surface area contributed by atoms with E-state index in [4.69, 9.17) is 32.4 Å². The predicted octanol–water partition coefficient (Wildman–Crippen LogP) is -1.90. The molecule has 26 heavy (non-hydrogen) atoms. The van der Waals surface area contributed by atoms with Crippen LogP contribution in [-0.4, -0.2) is 70.6 Å². The highest BCUT2D eigenvalue weighted by Gasteiger charge is 2.25. The number of hydrogen-bond donors (Lipinski definition) is 6. The summed E-state index contributed by atoms with van der Waals surface area (Å²) in [6, 6.07) is -0.814. The van der Waals surface area contributed by atoms with Crippen molar-refractivity contribution in [1.82, 2.24) is 4.90 Å². The van der Waals surface area contributed by atoms with Gasteiger partial charge in [-0.15, -0.1) is 0 Å². The van der Waals surface area contributed by atoms with Gasteiger partial charge in [-0.3, -0.25) is 14.4 Å². The number of aliphatic carboxylic acids is 1. The third kappa shape index (κ3) is 11.8. The second-order valence-corrected chi connectivity index (χ2v) is 6.41. The van der Waals surface area contributed by atoms with Crippen molar-refractivity contribution >= 4 is 24.9 Å². The Bertz CT molecular complexity index is 452. The molecule has 0 rings (SSSR count). The van der Waals surface area contributed by atoms with E-state index in [9.17, 15) is 14.4 Å². The van der Waals surface area contributed by atoms with Crippen LogP contribution in [0.3, 0.4) is 0 Å². The maximum atomic E-state index is 12.5. The first-order valence-corrected chi connectivity index (χ1v) is 8.78. The molecule has 0 aliphatic carbocycles. The lowest BCUT2D eigenvalue weighted by molar-refractivity contribution is -0.140. The zero-order valence-corrected chi connectivity index (χ0v) is 15.0. The van der Waals surface area contributed by atoms with Crippen molar-refractivity contribution in [3.8, 4) is 0 Å². The molecule has 0 aromatic rings. The Balaban J connectivity index is 4.78. The topological polar surface area (TPSA) is 193 Å². The number of primary amides is 1. The Hall–Kier alpha value is -1.69. The van der Waals surface area contributed by atoms with Gasteiger partial charge in [-0.25, -0.2) is 0 Å². The lowest BCUT2D eigenvalue weighted by Gasteiger charge is -2.29. The fourth-order valence-corrected chi connectivity index (χ4v) is 2.71. The first kappa shape index (κ1) is 24.3. The van der Waals surface area contributed by atoms with Crippen molar-refractivity contribution in [2.45, 2.75) is 50.9 Å². The summed E-state index contributed by atoms with van der Waals surface area (Å²) in [7, 11) is -1.44. The van der Waals surface area contributed by atoms with Gasteiger partial charge in [0.1, 0.15) is 0 Å². The SMILES string of the molecule is NCCN(CC(CCCB(O)O)CC(=O)O)C(=O)[C@@H](N)CCCC(N)=O. The molecule has 0 spiro atoms. The number of carboxylic acid groups (broad SMARTS) is 1. The Kier molecular flexibility index (Phi) is 12.6. The number of hydrogen-bond acceptors (Lipinski definition) is 7. The smallest absolute Gasteiger partial charge is 0.451 e. The number of rotatable bonds is 15. The van der Waals surface area contributed by atoms with Crippen molar-refractivity contribution < 1.29 is 29.5 Å². The van der Waals surface area contributed by atoms with Gasteiger partial charge >= 0.3 is 13.1 Å². The van der Waals surface area contributed by atoms with Crippen LogP contribution in [0.1, 0.15) is 38.5 Å². The summed E-state index contributed by atoms with van der Waals surface area (Å²) < 4.78 is 0. The third-order valence-electron chi connectivity index (χ3n) is 3.98. The van der Waals surface area contributed by atoms with E-state index < -0.39 is 25.0 Å². The van der Waals surface area contributed by atoms with Gasteiger partial charge < -0.3 is 37.3 Å². The Morgan fingerprint density at radius 1 is 1.12 bits per heavy atom. The second-order valence-electron chi connectivity index (χ2n) is 6.41. The van der Waals surface area contributed by atoms with Gasteiger partial charge in [-0.1, -0.05) is 6.42 Å². The van der Waals surface area contributed by atoms with E-state index in [-0.39, 0.29) is 50.6 Å². The van der Waals surface area contributed by atoms with Crippen LogP contribution < -0.4 is 17.2 Å². The van der Waals surface area contributed by atoms with E-state index in [0.29, 0.717) is 25.7 Å². The number of carbonyl (C=O) groups excluding carboxylic acids is 2. The normalized spacial score (nSPS) is 13.1. The number of carboxylic acids is 1. The average molecular weight is 374 g/mol. The number of nitrogens with two attached hydrogens (primary N) is 3. The summed E-state index contributed by atoms with van der Waals surface area (Å²) in [6.45, 7) is 0.614. The summed E-state index contributed by atoms with van der Waals surface area (Å²) in [5.74, 6) is -2.15. The van der Waals surface area contributed by atoms with Crippen LogP contribution in [0.5, 0.6) is 0 Å². The molecule has 9 N–H and O–H groups in total. The van der Waals surface area contributed by atoms with Crippen LogP contribution in [0.2, 0.25) is 6.32 Å². The van der Waals surface area contributed by atoms with Crippen molar-refractivity contribution in [2.75, 3.05) is 19.6 Å². The first-order valence-electron chi connectivity index (χ1n) is 8.78. The number of amides is 2. The molecular formula is C15H31BN4O6. The standard InChI is InChI=1S/C15H31BN4O6/c17-7-8-20(15(24)12(18)4-1-5-13(19)21)10-11(9-14(22)23)3-2-6-16(25)26/h11-12,25-26H,1-10,17-18H2,(H2,19,21)(H,22,23)/t11?,12-/m0/s1. The highest BCUT2D eigenvalue weighted by molar-refractivity contribution is 6.40. The molecule has 150 valence electrons. The van der Waals surface area contributed by atoms with Crippen LogP contribution in [-0.2, 0) is 14.4 Å². The van der Waals surface area contributed by atoms with Gasteiger partial charge in [0.05, 0.1) is 6.04 Å². The van der Waals surface area contributed by atoms with Crippen LogP contribution in [0.4, 0.5) is 0 Å². The zero-order valence-electron chi connectivity index (χ0n) is 15.0. The number of carbonyl (C=O) groups is 3. The summed E-state index contributed by atoms with van der Waals surface area (Å²) in [5.41, 5.74) is 16.5. The molecule has 2 amide bonds. The minimum absolute atomic E-state index is 0.133. The van der Waals surface area contributed by atoms with Crippen molar-refractivity contribution in [3.05, 3.63) is 0 Å². The van der Waals surface area contributed by atoms with E-state index in [1.54, 1.807) is 0 Å². The lowest BCUT2D eigenvalue weighted by Crippen LogP contribution is -2.47. The fraction of sp³-hybridized carbons (Fsp3) is 0.800. The van der Waals surface area contributed by atoms with E-state index in [2.05, 4.69) is 0 Å². The Morgan fingerprint density at radius 3 is 2.27 bits per heavy atom. The molecule has 0 aromatic heterocycles.